The highest BCUT2D eigenvalue weighted by Crippen LogP contribution is 2.34. The first-order valence-corrected chi connectivity index (χ1v) is 12.7. The minimum atomic E-state index is 0.443. The van der Waals surface area contributed by atoms with Crippen molar-refractivity contribution in [3.8, 4) is 11.1 Å². The minimum absolute atomic E-state index is 0.443. The molecular weight excluding hydrogens is 424 g/mol. The zero-order valence-electron chi connectivity index (χ0n) is 19.8. The van der Waals surface area contributed by atoms with Crippen LogP contribution in [0.4, 0.5) is 11.6 Å². The lowest BCUT2D eigenvalue weighted by atomic mass is 9.88. The molecule has 0 bridgehead atoms. The molecule has 4 heterocycles. The van der Waals surface area contributed by atoms with Gasteiger partial charge in [-0.1, -0.05) is 18.2 Å². The first-order chi connectivity index (χ1) is 16.8. The molecule has 2 saturated heterocycles. The number of hydrogen-bond donors (Lipinski definition) is 2. The molecule has 0 spiro atoms. The van der Waals surface area contributed by atoms with Gasteiger partial charge in [0.25, 0.3) is 0 Å². The maximum absolute atomic E-state index is 6.27. The van der Waals surface area contributed by atoms with Gasteiger partial charge in [-0.25, -0.2) is 9.97 Å². The van der Waals surface area contributed by atoms with Crippen LogP contribution in [-0.4, -0.2) is 75.8 Å². The number of nitrogens with one attached hydrogen (secondary N) is 1. The summed E-state index contributed by atoms with van der Waals surface area (Å²) in [6.45, 7) is 7.44. The van der Waals surface area contributed by atoms with Gasteiger partial charge in [0.1, 0.15) is 18.0 Å². The summed E-state index contributed by atoms with van der Waals surface area (Å²) in [6.07, 6.45) is 11.7. The van der Waals surface area contributed by atoms with Gasteiger partial charge in [0.15, 0.2) is 0 Å². The molecule has 8 heteroatoms. The van der Waals surface area contributed by atoms with E-state index in [0.29, 0.717) is 11.9 Å². The molecule has 0 radical (unpaired) electrons. The number of aromatic nitrogens is 4. The Morgan fingerprint density at radius 1 is 0.941 bits per heavy atom. The Bertz CT molecular complexity index is 1120. The number of likely N-dealkylation sites (tertiary alicyclic amines) is 1. The van der Waals surface area contributed by atoms with E-state index in [9.17, 15) is 0 Å². The molecule has 34 heavy (non-hydrogen) atoms. The number of aromatic amines is 1. The van der Waals surface area contributed by atoms with Crippen molar-refractivity contribution < 1.29 is 0 Å². The molecule has 2 aromatic heterocycles. The van der Waals surface area contributed by atoms with Crippen molar-refractivity contribution in [3.63, 3.8) is 0 Å². The lowest BCUT2D eigenvalue weighted by Crippen LogP contribution is -2.51. The van der Waals surface area contributed by atoms with Crippen molar-refractivity contribution in [1.82, 2.24) is 30.0 Å². The van der Waals surface area contributed by atoms with Gasteiger partial charge < -0.3 is 15.5 Å². The normalized spacial score (nSPS) is 20.1. The number of piperazine rings is 1. The summed E-state index contributed by atoms with van der Waals surface area (Å²) in [5.41, 5.74) is 12.7. The van der Waals surface area contributed by atoms with Crippen LogP contribution in [0.25, 0.3) is 11.1 Å². The number of fused-ring (bicyclic) bond motifs is 1. The number of nitrogens with zero attached hydrogens (tertiary/aromatic N) is 6. The Kier molecular flexibility index (Phi) is 5.93. The largest absolute Gasteiger partial charge is 0.383 e. The van der Waals surface area contributed by atoms with E-state index in [-0.39, 0.29) is 0 Å². The van der Waals surface area contributed by atoms with Crippen molar-refractivity contribution in [2.45, 2.75) is 38.1 Å². The summed E-state index contributed by atoms with van der Waals surface area (Å²) in [5, 5.41) is 6.98. The molecule has 8 nitrogen and oxygen atoms in total. The monoisotopic (exact) mass is 458 g/mol. The number of hydrogen-bond acceptors (Lipinski definition) is 7. The van der Waals surface area contributed by atoms with Crippen LogP contribution in [0.3, 0.4) is 0 Å². The number of benzene rings is 1. The third-order valence-electron chi connectivity index (χ3n) is 7.84. The average Bonchev–Trinajstić information content (AvgIpc) is 3.38. The lowest BCUT2D eigenvalue weighted by molar-refractivity contribution is 0.0965. The number of H-pyrrole nitrogens is 1. The molecule has 2 fully saturated rings. The van der Waals surface area contributed by atoms with Crippen LogP contribution >= 0.6 is 0 Å². The van der Waals surface area contributed by atoms with E-state index < -0.39 is 0 Å². The summed E-state index contributed by atoms with van der Waals surface area (Å²) in [4.78, 5) is 16.5. The van der Waals surface area contributed by atoms with Crippen LogP contribution in [0.2, 0.25) is 0 Å². The molecular formula is C26H34N8. The Morgan fingerprint density at radius 2 is 1.76 bits per heavy atom. The minimum Gasteiger partial charge on any atom is -0.383 e. The van der Waals surface area contributed by atoms with E-state index in [1.165, 1.54) is 50.8 Å². The first kappa shape index (κ1) is 21.6. The first-order valence-electron chi connectivity index (χ1n) is 12.7. The molecule has 0 amide bonds. The maximum Gasteiger partial charge on any atom is 0.142 e. The fraction of sp³-hybridized carbons (Fsp3) is 0.500. The average molecular weight is 459 g/mol. The molecule has 0 saturated carbocycles. The molecule has 1 unspecified atom stereocenters. The predicted octanol–water partition coefficient (Wildman–Crippen LogP) is 2.90. The van der Waals surface area contributed by atoms with E-state index in [2.05, 4.69) is 53.1 Å². The van der Waals surface area contributed by atoms with E-state index in [1.54, 1.807) is 23.7 Å². The highest BCUT2D eigenvalue weighted by atomic mass is 15.3. The number of aryl methyl sites for hydroxylation is 2. The van der Waals surface area contributed by atoms with E-state index in [1.807, 2.05) is 6.20 Å². The fourth-order valence-corrected chi connectivity index (χ4v) is 5.74. The van der Waals surface area contributed by atoms with Gasteiger partial charge in [0, 0.05) is 50.5 Å². The van der Waals surface area contributed by atoms with Crippen LogP contribution in [0, 0.1) is 0 Å². The van der Waals surface area contributed by atoms with Crippen molar-refractivity contribution >= 4 is 11.6 Å². The van der Waals surface area contributed by atoms with Crippen LogP contribution in [-0.2, 0) is 12.8 Å². The van der Waals surface area contributed by atoms with Gasteiger partial charge in [-0.05, 0) is 61.9 Å². The van der Waals surface area contributed by atoms with Crippen LogP contribution in [0.1, 0.15) is 42.0 Å². The van der Waals surface area contributed by atoms with Gasteiger partial charge in [0.2, 0.25) is 0 Å². The smallest absolute Gasteiger partial charge is 0.142 e. The molecule has 1 aromatic carbocycles. The number of nitrogens with two attached hydrogens (primary N) is 1. The standard InChI is InChI=1S/C26H34N8/c27-25-24(22-15-30-31-16-22)26(29-18-28-25)34-12-10-33(11-13-34)23(17-32-8-3-9-32)21-7-6-19-4-1-2-5-20(19)14-21/h6-7,14-16,18,23H,1-5,8-13,17H2,(H,30,31)(H2,27,28,29). The summed E-state index contributed by atoms with van der Waals surface area (Å²) < 4.78 is 0. The Morgan fingerprint density at radius 3 is 2.50 bits per heavy atom. The Hall–Kier alpha value is -2.97. The second-order valence-electron chi connectivity index (χ2n) is 9.87. The van der Waals surface area contributed by atoms with E-state index in [0.717, 1.165) is 49.7 Å². The fourth-order valence-electron chi connectivity index (χ4n) is 5.74. The van der Waals surface area contributed by atoms with Crippen LogP contribution in [0.5, 0.6) is 0 Å². The molecule has 178 valence electrons. The van der Waals surface area contributed by atoms with Gasteiger partial charge in [-0.3, -0.25) is 10.00 Å². The zero-order chi connectivity index (χ0) is 22.9. The van der Waals surface area contributed by atoms with E-state index in [4.69, 9.17) is 5.73 Å². The van der Waals surface area contributed by atoms with Crippen LogP contribution < -0.4 is 10.6 Å². The topological polar surface area (TPSA) is 90.2 Å². The van der Waals surface area contributed by atoms with Crippen molar-refractivity contribution in [2.75, 3.05) is 56.4 Å². The zero-order valence-corrected chi connectivity index (χ0v) is 19.8. The molecule has 1 atom stereocenters. The SMILES string of the molecule is Nc1ncnc(N2CCN(C(CN3CCC3)c3ccc4c(c3)CCCC4)CC2)c1-c1cn[nH]c1. The van der Waals surface area contributed by atoms with Crippen molar-refractivity contribution in [1.29, 1.82) is 0 Å². The highest BCUT2D eigenvalue weighted by molar-refractivity contribution is 5.83. The molecule has 3 aliphatic rings. The lowest BCUT2D eigenvalue weighted by Gasteiger charge is -2.43. The maximum atomic E-state index is 6.27. The summed E-state index contributed by atoms with van der Waals surface area (Å²) in [7, 11) is 0. The summed E-state index contributed by atoms with van der Waals surface area (Å²) in [6, 6.07) is 7.78. The van der Waals surface area contributed by atoms with Crippen molar-refractivity contribution in [2.24, 2.45) is 0 Å². The summed E-state index contributed by atoms with van der Waals surface area (Å²) in [5.74, 6) is 1.40. The van der Waals surface area contributed by atoms with Gasteiger partial charge in [0.05, 0.1) is 11.8 Å². The Balaban J connectivity index is 1.22. The highest BCUT2D eigenvalue weighted by Gasteiger charge is 2.30. The van der Waals surface area contributed by atoms with Gasteiger partial charge in [-0.2, -0.15) is 5.10 Å². The predicted molar refractivity (Wildman–Crippen MR) is 135 cm³/mol. The van der Waals surface area contributed by atoms with Crippen molar-refractivity contribution in [3.05, 3.63) is 53.6 Å². The molecule has 3 aromatic rings. The third kappa shape index (κ3) is 4.16. The summed E-state index contributed by atoms with van der Waals surface area (Å²) >= 11 is 0. The molecule has 1 aliphatic carbocycles. The number of anilines is 2. The van der Waals surface area contributed by atoms with Gasteiger partial charge in [-0.15, -0.1) is 0 Å². The number of nitrogen functional groups attached to an aromatic ring is 1. The third-order valence-corrected chi connectivity index (χ3v) is 7.84. The van der Waals surface area contributed by atoms with Crippen LogP contribution in [0.15, 0.2) is 36.9 Å². The van der Waals surface area contributed by atoms with Gasteiger partial charge >= 0.3 is 0 Å². The molecule has 3 N–H and O–H groups in total. The quantitative estimate of drug-likeness (QED) is 0.587. The second-order valence-corrected chi connectivity index (χ2v) is 9.87. The Labute approximate surface area is 201 Å². The second kappa shape index (κ2) is 9.35. The molecule has 2 aliphatic heterocycles. The van der Waals surface area contributed by atoms with E-state index >= 15 is 0 Å². The number of rotatable bonds is 6. The molecule has 6 rings (SSSR count).